The number of rotatable bonds is 7. The lowest BCUT2D eigenvalue weighted by molar-refractivity contribution is 0.0340. The van der Waals surface area contributed by atoms with Crippen molar-refractivity contribution < 1.29 is 13.9 Å². The molecular formula is C13H18O3. The molecule has 16 heavy (non-hydrogen) atoms. The van der Waals surface area contributed by atoms with Crippen LogP contribution in [0.1, 0.15) is 43.2 Å². The first kappa shape index (κ1) is 12.6. The zero-order chi connectivity index (χ0) is 11.8. The van der Waals surface area contributed by atoms with Crippen molar-refractivity contribution in [3.05, 3.63) is 36.8 Å². The Bertz CT molecular complexity index is 314. The molecule has 0 aromatic carbocycles. The van der Waals surface area contributed by atoms with Crippen LogP contribution in [0.3, 0.4) is 0 Å². The summed E-state index contributed by atoms with van der Waals surface area (Å²) in [4.78, 5) is 11.5. The summed E-state index contributed by atoms with van der Waals surface area (Å²) in [5, 5.41) is 0. The molecule has 0 amide bonds. The average Bonchev–Trinajstić information content (AvgIpc) is 2.81. The average molecular weight is 222 g/mol. The minimum Gasteiger partial charge on any atom is -0.457 e. The SMILES string of the molecule is C=C[C@H](CCCCC)OC(=O)c1ccco1. The van der Waals surface area contributed by atoms with E-state index in [9.17, 15) is 4.79 Å². The maximum Gasteiger partial charge on any atom is 0.374 e. The van der Waals surface area contributed by atoms with Crippen LogP contribution in [0.4, 0.5) is 0 Å². The summed E-state index contributed by atoms with van der Waals surface area (Å²) in [7, 11) is 0. The van der Waals surface area contributed by atoms with Crippen molar-refractivity contribution >= 4 is 5.97 Å². The molecule has 0 unspecified atom stereocenters. The Morgan fingerprint density at radius 3 is 3.00 bits per heavy atom. The topological polar surface area (TPSA) is 39.4 Å². The largest absolute Gasteiger partial charge is 0.457 e. The molecule has 3 nitrogen and oxygen atoms in total. The van der Waals surface area contributed by atoms with Crippen molar-refractivity contribution in [2.75, 3.05) is 0 Å². The quantitative estimate of drug-likeness (QED) is 0.402. The highest BCUT2D eigenvalue weighted by molar-refractivity contribution is 5.86. The second-order valence-corrected chi connectivity index (χ2v) is 3.65. The van der Waals surface area contributed by atoms with Crippen molar-refractivity contribution in [3.63, 3.8) is 0 Å². The summed E-state index contributed by atoms with van der Waals surface area (Å²) in [5.41, 5.74) is 0. The van der Waals surface area contributed by atoms with Crippen molar-refractivity contribution in [2.24, 2.45) is 0 Å². The molecule has 1 heterocycles. The lowest BCUT2D eigenvalue weighted by Crippen LogP contribution is -2.15. The number of hydrogen-bond donors (Lipinski definition) is 0. The monoisotopic (exact) mass is 222 g/mol. The minimum atomic E-state index is -0.425. The third kappa shape index (κ3) is 3.93. The fraction of sp³-hybridized carbons (Fsp3) is 0.462. The molecular weight excluding hydrogens is 204 g/mol. The molecule has 0 aliphatic heterocycles. The minimum absolute atomic E-state index is 0.218. The van der Waals surface area contributed by atoms with E-state index in [1.807, 2.05) is 0 Å². The third-order valence-corrected chi connectivity index (χ3v) is 2.34. The first-order chi connectivity index (χ1) is 7.77. The maximum absolute atomic E-state index is 11.5. The highest BCUT2D eigenvalue weighted by Gasteiger charge is 2.14. The van der Waals surface area contributed by atoms with Crippen LogP contribution < -0.4 is 0 Å². The van der Waals surface area contributed by atoms with Crippen LogP contribution >= 0.6 is 0 Å². The van der Waals surface area contributed by atoms with E-state index in [-0.39, 0.29) is 11.9 Å². The van der Waals surface area contributed by atoms with Gasteiger partial charge < -0.3 is 9.15 Å². The van der Waals surface area contributed by atoms with Gasteiger partial charge in [-0.2, -0.15) is 0 Å². The van der Waals surface area contributed by atoms with Gasteiger partial charge in [0.15, 0.2) is 0 Å². The number of carbonyl (C=O) groups excluding carboxylic acids is 1. The Kier molecular flexibility index (Phi) is 5.40. The summed E-state index contributed by atoms with van der Waals surface area (Å²) >= 11 is 0. The summed E-state index contributed by atoms with van der Waals surface area (Å²) in [6.45, 7) is 5.80. The lowest BCUT2D eigenvalue weighted by Gasteiger charge is -2.12. The predicted octanol–water partition coefficient (Wildman–Crippen LogP) is 3.57. The van der Waals surface area contributed by atoms with Gasteiger partial charge in [-0.25, -0.2) is 4.79 Å². The Morgan fingerprint density at radius 1 is 1.62 bits per heavy atom. The number of furan rings is 1. The van der Waals surface area contributed by atoms with Gasteiger partial charge in [-0.05, 0) is 25.0 Å². The van der Waals surface area contributed by atoms with Crippen molar-refractivity contribution in [1.82, 2.24) is 0 Å². The summed E-state index contributed by atoms with van der Waals surface area (Å²) in [6.07, 6.45) is 7.05. The molecule has 0 spiro atoms. The van der Waals surface area contributed by atoms with Crippen molar-refractivity contribution in [3.8, 4) is 0 Å². The lowest BCUT2D eigenvalue weighted by atomic mass is 10.1. The summed E-state index contributed by atoms with van der Waals surface area (Å²) < 4.78 is 10.2. The molecule has 0 N–H and O–H groups in total. The maximum atomic E-state index is 11.5. The molecule has 1 rings (SSSR count). The highest BCUT2D eigenvalue weighted by atomic mass is 16.6. The van der Waals surface area contributed by atoms with Gasteiger partial charge in [-0.3, -0.25) is 0 Å². The van der Waals surface area contributed by atoms with E-state index in [1.54, 1.807) is 18.2 Å². The Labute approximate surface area is 96.1 Å². The predicted molar refractivity (Wildman–Crippen MR) is 62.3 cm³/mol. The molecule has 0 fully saturated rings. The number of esters is 1. The van der Waals surface area contributed by atoms with Gasteiger partial charge in [0, 0.05) is 0 Å². The molecule has 3 heteroatoms. The first-order valence-corrected chi connectivity index (χ1v) is 5.65. The first-order valence-electron chi connectivity index (χ1n) is 5.65. The van der Waals surface area contributed by atoms with E-state index in [0.717, 1.165) is 25.7 Å². The van der Waals surface area contributed by atoms with Gasteiger partial charge in [0.05, 0.1) is 6.26 Å². The fourth-order valence-corrected chi connectivity index (χ4v) is 1.41. The van der Waals surface area contributed by atoms with Crippen LogP contribution in [-0.4, -0.2) is 12.1 Å². The molecule has 1 aromatic rings. The normalized spacial score (nSPS) is 12.1. The molecule has 0 aliphatic carbocycles. The fourth-order valence-electron chi connectivity index (χ4n) is 1.41. The second kappa shape index (κ2) is 6.88. The van der Waals surface area contributed by atoms with Gasteiger partial charge in [-0.15, -0.1) is 0 Å². The molecule has 88 valence electrons. The van der Waals surface area contributed by atoms with Gasteiger partial charge >= 0.3 is 5.97 Å². The van der Waals surface area contributed by atoms with Gasteiger partial charge in [0.1, 0.15) is 6.10 Å². The third-order valence-electron chi connectivity index (χ3n) is 2.34. The Morgan fingerprint density at radius 2 is 2.44 bits per heavy atom. The van der Waals surface area contributed by atoms with Gasteiger partial charge in [-0.1, -0.05) is 32.4 Å². The standard InChI is InChI=1S/C13H18O3/c1-3-5-6-8-11(4-2)16-13(14)12-9-7-10-15-12/h4,7,9-11H,2-3,5-6,8H2,1H3/t11-/m1/s1. The number of carbonyl (C=O) groups is 1. The summed E-state index contributed by atoms with van der Waals surface area (Å²) in [5.74, 6) is -0.186. The molecule has 1 atom stereocenters. The Balaban J connectivity index is 2.38. The zero-order valence-corrected chi connectivity index (χ0v) is 9.65. The smallest absolute Gasteiger partial charge is 0.374 e. The number of ether oxygens (including phenoxy) is 1. The van der Waals surface area contributed by atoms with Gasteiger partial charge in [0.25, 0.3) is 0 Å². The van der Waals surface area contributed by atoms with E-state index in [4.69, 9.17) is 9.15 Å². The van der Waals surface area contributed by atoms with E-state index >= 15 is 0 Å². The summed E-state index contributed by atoms with van der Waals surface area (Å²) in [6, 6.07) is 3.26. The van der Waals surface area contributed by atoms with Crippen molar-refractivity contribution in [2.45, 2.75) is 38.7 Å². The van der Waals surface area contributed by atoms with E-state index < -0.39 is 5.97 Å². The molecule has 0 radical (unpaired) electrons. The van der Waals surface area contributed by atoms with E-state index in [1.165, 1.54) is 6.26 Å². The van der Waals surface area contributed by atoms with Crippen LogP contribution in [0.2, 0.25) is 0 Å². The van der Waals surface area contributed by atoms with Gasteiger partial charge in [0.2, 0.25) is 5.76 Å². The molecule has 0 aliphatic rings. The zero-order valence-electron chi connectivity index (χ0n) is 9.65. The van der Waals surface area contributed by atoms with Crippen LogP contribution in [0, 0.1) is 0 Å². The van der Waals surface area contributed by atoms with Crippen LogP contribution in [0.15, 0.2) is 35.5 Å². The van der Waals surface area contributed by atoms with E-state index in [0.29, 0.717) is 0 Å². The molecule has 0 bridgehead atoms. The van der Waals surface area contributed by atoms with Crippen molar-refractivity contribution in [1.29, 1.82) is 0 Å². The molecule has 0 saturated carbocycles. The molecule has 1 aromatic heterocycles. The van der Waals surface area contributed by atoms with E-state index in [2.05, 4.69) is 13.5 Å². The van der Waals surface area contributed by atoms with Crippen LogP contribution in [0.5, 0.6) is 0 Å². The number of hydrogen-bond acceptors (Lipinski definition) is 3. The second-order valence-electron chi connectivity index (χ2n) is 3.65. The number of unbranched alkanes of at least 4 members (excludes halogenated alkanes) is 2. The Hall–Kier alpha value is -1.51. The molecule has 0 saturated heterocycles. The van der Waals surface area contributed by atoms with Crippen LogP contribution in [-0.2, 0) is 4.74 Å². The highest BCUT2D eigenvalue weighted by Crippen LogP contribution is 2.11. The van der Waals surface area contributed by atoms with Crippen LogP contribution in [0.25, 0.3) is 0 Å².